The molecule has 1 aliphatic rings. The summed E-state index contributed by atoms with van der Waals surface area (Å²) in [5.41, 5.74) is 7.63. The number of benzene rings is 1. The normalized spacial score (nSPS) is 16.1. The molecular weight excluding hydrogens is 254 g/mol. The van der Waals surface area contributed by atoms with Gasteiger partial charge in [-0.15, -0.1) is 0 Å². The maximum Gasteiger partial charge on any atom is 0.254 e. The number of anilines is 1. The van der Waals surface area contributed by atoms with Crippen molar-refractivity contribution in [1.29, 1.82) is 0 Å². The smallest absolute Gasteiger partial charge is 0.254 e. The summed E-state index contributed by atoms with van der Waals surface area (Å²) >= 11 is 0. The highest BCUT2D eigenvalue weighted by Gasteiger charge is 2.22. The Morgan fingerprint density at radius 3 is 2.55 bits per heavy atom. The number of rotatable bonds is 3. The number of amides is 2. The molecule has 0 bridgehead atoms. The fourth-order valence-electron chi connectivity index (χ4n) is 2.34. The van der Waals surface area contributed by atoms with Gasteiger partial charge in [-0.05, 0) is 44.4 Å². The lowest BCUT2D eigenvalue weighted by atomic mass is 10.1. The van der Waals surface area contributed by atoms with Crippen LogP contribution in [0, 0.1) is 6.92 Å². The highest BCUT2D eigenvalue weighted by Crippen LogP contribution is 2.22. The zero-order valence-corrected chi connectivity index (χ0v) is 12.0. The van der Waals surface area contributed by atoms with Gasteiger partial charge in [-0.3, -0.25) is 9.59 Å². The van der Waals surface area contributed by atoms with E-state index in [9.17, 15) is 9.59 Å². The fraction of sp³-hybridized carbons (Fsp3) is 0.467. The summed E-state index contributed by atoms with van der Waals surface area (Å²) in [6, 6.07) is 4.80. The number of nitrogens with two attached hydrogens (primary N) is 1. The van der Waals surface area contributed by atoms with Gasteiger partial charge < -0.3 is 16.0 Å². The molecule has 1 aliphatic heterocycles. The molecule has 1 saturated heterocycles. The first kappa shape index (κ1) is 14.5. The van der Waals surface area contributed by atoms with Crippen molar-refractivity contribution >= 4 is 17.5 Å². The summed E-state index contributed by atoms with van der Waals surface area (Å²) in [4.78, 5) is 26.0. The molecule has 20 heavy (non-hydrogen) atoms. The lowest BCUT2D eigenvalue weighted by molar-refractivity contribution is -0.117. The average Bonchev–Trinajstić information content (AvgIpc) is 2.94. The predicted molar refractivity (Wildman–Crippen MR) is 78.6 cm³/mol. The second-order valence-corrected chi connectivity index (χ2v) is 5.26. The molecule has 2 amide bonds. The third-order valence-corrected chi connectivity index (χ3v) is 3.63. The molecule has 0 radical (unpaired) electrons. The maximum absolute atomic E-state index is 12.4. The summed E-state index contributed by atoms with van der Waals surface area (Å²) in [6.45, 7) is 5.10. The molecule has 2 rings (SSSR count). The minimum atomic E-state index is -0.577. The molecular formula is C15H21N3O2. The number of carbonyl (C=O) groups is 2. The van der Waals surface area contributed by atoms with E-state index in [2.05, 4.69) is 5.32 Å². The van der Waals surface area contributed by atoms with Gasteiger partial charge in [0.25, 0.3) is 5.91 Å². The maximum atomic E-state index is 12.4. The predicted octanol–water partition coefficient (Wildman–Crippen LogP) is 1.52. The highest BCUT2D eigenvalue weighted by molar-refractivity contribution is 6.00. The molecule has 0 unspecified atom stereocenters. The van der Waals surface area contributed by atoms with E-state index in [0.717, 1.165) is 31.5 Å². The van der Waals surface area contributed by atoms with Crippen LogP contribution in [0.15, 0.2) is 18.2 Å². The third-order valence-electron chi connectivity index (χ3n) is 3.63. The molecule has 1 aromatic carbocycles. The summed E-state index contributed by atoms with van der Waals surface area (Å²) < 4.78 is 0. The van der Waals surface area contributed by atoms with Crippen molar-refractivity contribution in [2.45, 2.75) is 32.7 Å². The number of carbonyl (C=O) groups excluding carboxylic acids is 2. The van der Waals surface area contributed by atoms with E-state index >= 15 is 0 Å². The van der Waals surface area contributed by atoms with Gasteiger partial charge in [0.15, 0.2) is 0 Å². The molecule has 0 aliphatic carbocycles. The van der Waals surface area contributed by atoms with Crippen LogP contribution in [0.3, 0.4) is 0 Å². The average molecular weight is 275 g/mol. The number of hydrogen-bond donors (Lipinski definition) is 2. The Morgan fingerprint density at radius 1 is 1.30 bits per heavy atom. The lowest BCUT2D eigenvalue weighted by Gasteiger charge is -2.18. The van der Waals surface area contributed by atoms with E-state index in [-0.39, 0.29) is 11.8 Å². The second kappa shape index (κ2) is 6.05. The first-order valence-electron chi connectivity index (χ1n) is 6.96. The monoisotopic (exact) mass is 275 g/mol. The van der Waals surface area contributed by atoms with Crippen molar-refractivity contribution in [3.8, 4) is 0 Å². The van der Waals surface area contributed by atoms with E-state index in [1.807, 2.05) is 11.8 Å². The van der Waals surface area contributed by atoms with Gasteiger partial charge in [0, 0.05) is 24.3 Å². The lowest BCUT2D eigenvalue weighted by Crippen LogP contribution is -2.33. The molecule has 3 N–H and O–H groups in total. The molecule has 108 valence electrons. The Hall–Kier alpha value is -1.88. The van der Waals surface area contributed by atoms with Crippen molar-refractivity contribution in [2.75, 3.05) is 18.4 Å². The molecule has 0 saturated carbocycles. The zero-order valence-electron chi connectivity index (χ0n) is 12.0. The van der Waals surface area contributed by atoms with Crippen LogP contribution in [0.5, 0.6) is 0 Å². The minimum Gasteiger partial charge on any atom is -0.339 e. The minimum absolute atomic E-state index is 0.0388. The molecule has 1 atom stereocenters. The van der Waals surface area contributed by atoms with Gasteiger partial charge in [0.2, 0.25) is 5.91 Å². The Kier molecular flexibility index (Phi) is 4.39. The largest absolute Gasteiger partial charge is 0.339 e. The molecule has 5 heteroatoms. The van der Waals surface area contributed by atoms with E-state index in [0.29, 0.717) is 11.3 Å². The van der Waals surface area contributed by atoms with Crippen LogP contribution in [0.4, 0.5) is 5.69 Å². The van der Waals surface area contributed by atoms with Gasteiger partial charge in [0.05, 0.1) is 6.04 Å². The van der Waals surface area contributed by atoms with Crippen molar-refractivity contribution in [3.63, 3.8) is 0 Å². The molecule has 5 nitrogen and oxygen atoms in total. The van der Waals surface area contributed by atoms with Crippen LogP contribution in [0.1, 0.15) is 35.7 Å². The Bertz CT molecular complexity index is 520. The molecule has 0 aromatic heterocycles. The number of likely N-dealkylation sites (tertiary alicyclic amines) is 1. The Balaban J connectivity index is 2.22. The highest BCUT2D eigenvalue weighted by atomic mass is 16.2. The van der Waals surface area contributed by atoms with Crippen molar-refractivity contribution in [1.82, 2.24) is 4.90 Å². The van der Waals surface area contributed by atoms with E-state index < -0.39 is 6.04 Å². The number of nitrogens with zero attached hydrogens (tertiary/aromatic N) is 1. The first-order chi connectivity index (χ1) is 9.50. The summed E-state index contributed by atoms with van der Waals surface area (Å²) in [7, 11) is 0. The van der Waals surface area contributed by atoms with Gasteiger partial charge in [0.1, 0.15) is 0 Å². The number of nitrogens with one attached hydrogen (secondary N) is 1. The molecule has 1 fully saturated rings. The van der Waals surface area contributed by atoms with Crippen LogP contribution in [0.2, 0.25) is 0 Å². The van der Waals surface area contributed by atoms with Crippen molar-refractivity contribution < 1.29 is 9.59 Å². The molecule has 1 heterocycles. The van der Waals surface area contributed by atoms with Crippen LogP contribution in [-0.2, 0) is 4.79 Å². The van der Waals surface area contributed by atoms with E-state index in [4.69, 9.17) is 5.73 Å². The fourth-order valence-corrected chi connectivity index (χ4v) is 2.34. The SMILES string of the molecule is Cc1c(NC(=O)[C@@H](C)N)cccc1C(=O)N1CCCC1. The van der Waals surface area contributed by atoms with Crippen molar-refractivity contribution in [3.05, 3.63) is 29.3 Å². The topological polar surface area (TPSA) is 75.4 Å². The second-order valence-electron chi connectivity index (χ2n) is 5.26. The van der Waals surface area contributed by atoms with Crippen LogP contribution >= 0.6 is 0 Å². The quantitative estimate of drug-likeness (QED) is 0.878. The van der Waals surface area contributed by atoms with Crippen LogP contribution in [0.25, 0.3) is 0 Å². The number of hydrogen-bond acceptors (Lipinski definition) is 3. The summed E-state index contributed by atoms with van der Waals surface area (Å²) in [5.74, 6) is -0.212. The van der Waals surface area contributed by atoms with Crippen LogP contribution in [-0.4, -0.2) is 35.8 Å². The van der Waals surface area contributed by atoms with Crippen molar-refractivity contribution in [2.24, 2.45) is 5.73 Å². The Labute approximate surface area is 119 Å². The van der Waals surface area contributed by atoms with Gasteiger partial charge in [-0.2, -0.15) is 0 Å². The van der Waals surface area contributed by atoms with Gasteiger partial charge in [-0.25, -0.2) is 0 Å². The van der Waals surface area contributed by atoms with E-state index in [1.165, 1.54) is 0 Å². The Morgan fingerprint density at radius 2 is 1.95 bits per heavy atom. The van der Waals surface area contributed by atoms with Crippen LogP contribution < -0.4 is 11.1 Å². The standard InChI is InChI=1S/C15H21N3O2/c1-10-12(15(20)18-8-3-4-9-18)6-5-7-13(10)17-14(19)11(2)16/h5-7,11H,3-4,8-9,16H2,1-2H3,(H,17,19)/t11-/m1/s1. The van der Waals surface area contributed by atoms with Gasteiger partial charge in [-0.1, -0.05) is 6.07 Å². The molecule has 0 spiro atoms. The first-order valence-corrected chi connectivity index (χ1v) is 6.96. The zero-order chi connectivity index (χ0) is 14.7. The summed E-state index contributed by atoms with van der Waals surface area (Å²) in [5, 5.41) is 2.76. The third kappa shape index (κ3) is 2.99. The summed E-state index contributed by atoms with van der Waals surface area (Å²) in [6.07, 6.45) is 2.12. The van der Waals surface area contributed by atoms with E-state index in [1.54, 1.807) is 25.1 Å². The van der Waals surface area contributed by atoms with Gasteiger partial charge >= 0.3 is 0 Å². The molecule has 1 aromatic rings.